The summed E-state index contributed by atoms with van der Waals surface area (Å²) in [5, 5.41) is 4.92. The van der Waals surface area contributed by atoms with Crippen LogP contribution in [0.4, 0.5) is 0 Å². The molecule has 4 rings (SSSR count). The van der Waals surface area contributed by atoms with E-state index in [0.29, 0.717) is 23.9 Å². The molecule has 3 aromatic rings. The third kappa shape index (κ3) is 4.44. The molecule has 0 saturated carbocycles. The van der Waals surface area contributed by atoms with Crippen LogP contribution in [0, 0.1) is 6.92 Å². The summed E-state index contributed by atoms with van der Waals surface area (Å²) in [6.45, 7) is 3.64. The molecular weight excluding hydrogens is 376 g/mol. The van der Waals surface area contributed by atoms with Crippen molar-refractivity contribution in [3.63, 3.8) is 0 Å². The Morgan fingerprint density at radius 3 is 3.04 bits per heavy atom. The lowest BCUT2D eigenvalue weighted by Crippen LogP contribution is -2.41. The summed E-state index contributed by atoms with van der Waals surface area (Å²) < 4.78 is 7.70. The maximum atomic E-state index is 12.6. The van der Waals surface area contributed by atoms with Crippen LogP contribution in [0.3, 0.4) is 0 Å². The van der Waals surface area contributed by atoms with Gasteiger partial charge < -0.3 is 9.32 Å². The lowest BCUT2D eigenvalue weighted by molar-refractivity contribution is -0.133. The topological polar surface area (TPSA) is 64.2 Å². The van der Waals surface area contributed by atoms with Crippen molar-refractivity contribution in [3.05, 3.63) is 70.7 Å². The molecule has 1 aromatic carbocycles. The first-order valence-electron chi connectivity index (χ1n) is 9.53. The smallest absolute Gasteiger partial charge is 0.244 e. The average molecular weight is 399 g/mol. The van der Waals surface area contributed by atoms with E-state index in [4.69, 9.17) is 16.0 Å². The van der Waals surface area contributed by atoms with Gasteiger partial charge in [-0.05, 0) is 43.0 Å². The molecule has 1 amide bonds. The van der Waals surface area contributed by atoms with Gasteiger partial charge in [0.15, 0.2) is 5.89 Å². The second-order valence-corrected chi connectivity index (χ2v) is 7.80. The van der Waals surface area contributed by atoms with Crippen LogP contribution < -0.4 is 0 Å². The molecule has 0 spiro atoms. The maximum Gasteiger partial charge on any atom is 0.244 e. The number of amides is 1. The fourth-order valence-corrected chi connectivity index (χ4v) is 3.85. The lowest BCUT2D eigenvalue weighted by atomic mass is 9.98. The van der Waals surface area contributed by atoms with Gasteiger partial charge in [-0.3, -0.25) is 9.48 Å². The van der Waals surface area contributed by atoms with Crippen molar-refractivity contribution in [3.8, 4) is 0 Å². The summed E-state index contributed by atoms with van der Waals surface area (Å²) in [5.41, 5.74) is 2.14. The molecule has 1 aliphatic rings. The Balaban J connectivity index is 1.39. The van der Waals surface area contributed by atoms with Gasteiger partial charge in [0.2, 0.25) is 5.91 Å². The van der Waals surface area contributed by atoms with Crippen LogP contribution in [0.1, 0.15) is 41.5 Å². The SMILES string of the molecule is Cc1cnn(CC(=O)N2CCCC(c3ncc(Cc4cccc(Cl)c4)o3)C2)c1. The van der Waals surface area contributed by atoms with E-state index in [9.17, 15) is 4.79 Å². The first kappa shape index (κ1) is 18.7. The second kappa shape index (κ2) is 8.19. The number of benzene rings is 1. The van der Waals surface area contributed by atoms with E-state index >= 15 is 0 Å². The summed E-state index contributed by atoms with van der Waals surface area (Å²) in [5.74, 6) is 1.74. The number of likely N-dealkylation sites (tertiary alicyclic amines) is 1. The highest BCUT2D eigenvalue weighted by Gasteiger charge is 2.28. The molecule has 3 heterocycles. The molecule has 7 heteroatoms. The monoisotopic (exact) mass is 398 g/mol. The molecule has 0 N–H and O–H groups in total. The largest absolute Gasteiger partial charge is 0.445 e. The zero-order chi connectivity index (χ0) is 19.5. The van der Waals surface area contributed by atoms with Crippen molar-refractivity contribution in [2.45, 2.75) is 38.6 Å². The summed E-state index contributed by atoms with van der Waals surface area (Å²) in [6, 6.07) is 7.74. The van der Waals surface area contributed by atoms with Crippen LogP contribution in [-0.4, -0.2) is 38.7 Å². The molecule has 1 fully saturated rings. The lowest BCUT2D eigenvalue weighted by Gasteiger charge is -2.31. The van der Waals surface area contributed by atoms with Crippen molar-refractivity contribution in [2.75, 3.05) is 13.1 Å². The minimum Gasteiger partial charge on any atom is -0.445 e. The summed E-state index contributed by atoms with van der Waals surface area (Å²) >= 11 is 6.05. The van der Waals surface area contributed by atoms with Crippen molar-refractivity contribution in [1.82, 2.24) is 19.7 Å². The minimum atomic E-state index is 0.0820. The molecule has 146 valence electrons. The Bertz CT molecular complexity index is 965. The third-order valence-corrected chi connectivity index (χ3v) is 5.26. The number of carbonyl (C=O) groups excluding carboxylic acids is 1. The summed E-state index contributed by atoms with van der Waals surface area (Å²) in [4.78, 5) is 19.0. The number of rotatable bonds is 5. The van der Waals surface area contributed by atoms with Gasteiger partial charge in [0.05, 0.1) is 18.3 Å². The van der Waals surface area contributed by atoms with Gasteiger partial charge in [-0.1, -0.05) is 23.7 Å². The number of hydrogen-bond donors (Lipinski definition) is 0. The number of aryl methyl sites for hydroxylation is 1. The minimum absolute atomic E-state index is 0.0820. The number of oxazole rings is 1. The number of halogens is 1. The number of nitrogens with zero attached hydrogens (tertiary/aromatic N) is 4. The van der Waals surface area contributed by atoms with E-state index < -0.39 is 0 Å². The highest BCUT2D eigenvalue weighted by Crippen LogP contribution is 2.27. The predicted molar refractivity (Wildman–Crippen MR) is 106 cm³/mol. The van der Waals surface area contributed by atoms with Crippen molar-refractivity contribution in [1.29, 1.82) is 0 Å². The van der Waals surface area contributed by atoms with E-state index in [1.165, 1.54) is 0 Å². The Labute approximate surface area is 169 Å². The Kier molecular flexibility index (Phi) is 5.48. The Morgan fingerprint density at radius 1 is 1.36 bits per heavy atom. The van der Waals surface area contributed by atoms with Gasteiger partial charge >= 0.3 is 0 Å². The van der Waals surface area contributed by atoms with E-state index in [1.54, 1.807) is 17.1 Å². The highest BCUT2D eigenvalue weighted by atomic mass is 35.5. The van der Waals surface area contributed by atoms with Crippen LogP contribution in [0.2, 0.25) is 5.02 Å². The average Bonchev–Trinajstić information content (AvgIpc) is 3.31. The zero-order valence-electron chi connectivity index (χ0n) is 15.8. The number of piperidine rings is 1. The molecule has 1 saturated heterocycles. The third-order valence-electron chi connectivity index (χ3n) is 5.02. The Hall–Kier alpha value is -2.60. The highest BCUT2D eigenvalue weighted by molar-refractivity contribution is 6.30. The number of carbonyl (C=O) groups is 1. The molecule has 6 nitrogen and oxygen atoms in total. The van der Waals surface area contributed by atoms with Crippen LogP contribution in [0.5, 0.6) is 0 Å². The standard InChI is InChI=1S/C21H23ClN4O2/c1-15-10-24-26(12-15)14-20(27)25-7-3-5-17(13-25)21-23-11-19(28-21)9-16-4-2-6-18(22)8-16/h2,4,6,8,10-12,17H,3,5,7,9,13-14H2,1H3. The second-order valence-electron chi connectivity index (χ2n) is 7.37. The molecule has 1 aliphatic heterocycles. The molecule has 0 aliphatic carbocycles. The van der Waals surface area contributed by atoms with Gasteiger partial charge in [-0.15, -0.1) is 0 Å². The molecule has 2 aromatic heterocycles. The predicted octanol–water partition coefficient (Wildman–Crippen LogP) is 3.83. The number of aromatic nitrogens is 3. The van der Waals surface area contributed by atoms with Crippen LogP contribution in [0.15, 0.2) is 47.3 Å². The van der Waals surface area contributed by atoms with Gasteiger partial charge in [-0.25, -0.2) is 4.98 Å². The van der Waals surface area contributed by atoms with Gasteiger partial charge in [-0.2, -0.15) is 5.10 Å². The van der Waals surface area contributed by atoms with E-state index in [1.807, 2.05) is 42.3 Å². The van der Waals surface area contributed by atoms with Gasteiger partial charge in [0.25, 0.3) is 0 Å². The quantitative estimate of drug-likeness (QED) is 0.655. The van der Waals surface area contributed by atoms with Crippen LogP contribution in [0.25, 0.3) is 0 Å². The van der Waals surface area contributed by atoms with Crippen LogP contribution in [-0.2, 0) is 17.8 Å². The maximum absolute atomic E-state index is 12.6. The molecule has 28 heavy (non-hydrogen) atoms. The first-order chi connectivity index (χ1) is 13.6. The molecular formula is C21H23ClN4O2. The first-order valence-corrected chi connectivity index (χ1v) is 9.90. The molecule has 0 bridgehead atoms. The van der Waals surface area contributed by atoms with E-state index in [-0.39, 0.29) is 18.4 Å². The Morgan fingerprint density at radius 2 is 2.25 bits per heavy atom. The van der Waals surface area contributed by atoms with Crippen molar-refractivity contribution in [2.24, 2.45) is 0 Å². The molecule has 0 radical (unpaired) electrons. The van der Waals surface area contributed by atoms with Gasteiger partial charge in [0.1, 0.15) is 12.3 Å². The number of hydrogen-bond acceptors (Lipinski definition) is 4. The van der Waals surface area contributed by atoms with Crippen molar-refractivity contribution < 1.29 is 9.21 Å². The van der Waals surface area contributed by atoms with Crippen LogP contribution >= 0.6 is 11.6 Å². The fourth-order valence-electron chi connectivity index (χ4n) is 3.64. The zero-order valence-corrected chi connectivity index (χ0v) is 16.6. The summed E-state index contributed by atoms with van der Waals surface area (Å²) in [6.07, 6.45) is 8.00. The molecule has 1 unspecified atom stereocenters. The van der Waals surface area contributed by atoms with E-state index in [0.717, 1.165) is 36.3 Å². The van der Waals surface area contributed by atoms with Gasteiger partial charge in [0, 0.05) is 30.7 Å². The normalized spacial score (nSPS) is 17.1. The van der Waals surface area contributed by atoms with E-state index in [2.05, 4.69) is 10.1 Å². The van der Waals surface area contributed by atoms with Crippen molar-refractivity contribution >= 4 is 17.5 Å². The summed E-state index contributed by atoms with van der Waals surface area (Å²) in [7, 11) is 0. The molecule has 1 atom stereocenters. The fraction of sp³-hybridized carbons (Fsp3) is 0.381.